The van der Waals surface area contributed by atoms with E-state index in [4.69, 9.17) is 5.26 Å². The maximum Gasteiger partial charge on any atom is 0.0944 e. The molecule has 1 heterocycles. The predicted octanol–water partition coefficient (Wildman–Crippen LogP) is 2.86. The minimum atomic E-state index is 0.795. The van der Waals surface area contributed by atoms with E-state index in [1.165, 1.54) is 38.5 Å². The van der Waals surface area contributed by atoms with Gasteiger partial charge in [0, 0.05) is 24.7 Å². The van der Waals surface area contributed by atoms with Crippen LogP contribution in [0.15, 0.2) is 11.6 Å². The van der Waals surface area contributed by atoms with Crippen molar-refractivity contribution in [3.05, 3.63) is 11.6 Å². The maximum atomic E-state index is 8.80. The van der Waals surface area contributed by atoms with Crippen molar-refractivity contribution in [1.82, 2.24) is 4.90 Å². The van der Waals surface area contributed by atoms with Crippen LogP contribution in [0.1, 0.15) is 44.9 Å². The summed E-state index contributed by atoms with van der Waals surface area (Å²) in [5.74, 6) is 0. The molecule has 0 aromatic carbocycles. The van der Waals surface area contributed by atoms with Gasteiger partial charge in [0.25, 0.3) is 0 Å². The van der Waals surface area contributed by atoms with E-state index in [0.717, 1.165) is 31.1 Å². The minimum Gasteiger partial charge on any atom is -0.296 e. The molecule has 0 aromatic rings. The lowest BCUT2D eigenvalue weighted by Gasteiger charge is -2.32. The molecule has 0 aromatic heterocycles. The molecule has 0 radical (unpaired) electrons. The second kappa shape index (κ2) is 5.32. The molecule has 0 N–H and O–H groups in total. The van der Waals surface area contributed by atoms with Crippen molar-refractivity contribution >= 4 is 0 Å². The molecule has 1 saturated carbocycles. The Morgan fingerprint density at radius 1 is 1.20 bits per heavy atom. The van der Waals surface area contributed by atoms with E-state index in [9.17, 15) is 0 Å². The molecule has 2 heteroatoms. The molecule has 0 bridgehead atoms. The topological polar surface area (TPSA) is 27.0 Å². The van der Waals surface area contributed by atoms with Crippen LogP contribution in [0.2, 0.25) is 0 Å². The van der Waals surface area contributed by atoms with Crippen LogP contribution in [-0.4, -0.2) is 24.0 Å². The second-order valence-electron chi connectivity index (χ2n) is 4.73. The van der Waals surface area contributed by atoms with Crippen molar-refractivity contribution < 1.29 is 0 Å². The summed E-state index contributed by atoms with van der Waals surface area (Å²) in [6, 6.07) is 3.07. The quantitative estimate of drug-likeness (QED) is 0.614. The Balaban J connectivity index is 1.89. The molecule has 0 spiro atoms. The third kappa shape index (κ3) is 2.82. The largest absolute Gasteiger partial charge is 0.296 e. The Labute approximate surface area is 92.6 Å². The fraction of sp³-hybridized carbons (Fsp3) is 0.769. The van der Waals surface area contributed by atoms with Crippen LogP contribution in [0.5, 0.6) is 0 Å². The average molecular weight is 204 g/mol. The summed E-state index contributed by atoms with van der Waals surface area (Å²) in [6.07, 6.45) is 11.5. The highest BCUT2D eigenvalue weighted by Crippen LogP contribution is 2.24. The predicted molar refractivity (Wildman–Crippen MR) is 61.4 cm³/mol. The standard InChI is InChI=1S/C13H20N2/c14-11-12-7-9-15(10-8-12)13-5-3-1-2-4-6-13/h7,13H,1-6,8-10H2. The smallest absolute Gasteiger partial charge is 0.0944 e. The number of hydrogen-bond acceptors (Lipinski definition) is 2. The zero-order valence-electron chi connectivity index (χ0n) is 9.41. The summed E-state index contributed by atoms with van der Waals surface area (Å²) in [5.41, 5.74) is 0.986. The molecule has 0 unspecified atom stereocenters. The molecule has 2 rings (SSSR count). The summed E-state index contributed by atoms with van der Waals surface area (Å²) in [5, 5.41) is 8.80. The Bertz CT molecular complexity index is 267. The number of nitriles is 1. The van der Waals surface area contributed by atoms with Crippen LogP contribution in [-0.2, 0) is 0 Å². The maximum absolute atomic E-state index is 8.80. The fourth-order valence-electron chi connectivity index (χ4n) is 2.74. The molecule has 82 valence electrons. The van der Waals surface area contributed by atoms with E-state index < -0.39 is 0 Å². The lowest BCUT2D eigenvalue weighted by molar-refractivity contribution is 0.193. The zero-order chi connectivity index (χ0) is 10.5. The van der Waals surface area contributed by atoms with E-state index in [-0.39, 0.29) is 0 Å². The molecule has 2 aliphatic rings. The van der Waals surface area contributed by atoms with Gasteiger partial charge in [-0.1, -0.05) is 31.8 Å². The fourth-order valence-corrected chi connectivity index (χ4v) is 2.74. The number of hydrogen-bond donors (Lipinski definition) is 0. The minimum absolute atomic E-state index is 0.795. The summed E-state index contributed by atoms with van der Waals surface area (Å²) in [6.45, 7) is 2.11. The number of nitrogens with zero attached hydrogens (tertiary/aromatic N) is 2. The van der Waals surface area contributed by atoms with Gasteiger partial charge in [0.1, 0.15) is 0 Å². The normalized spacial score (nSPS) is 25.4. The lowest BCUT2D eigenvalue weighted by Crippen LogP contribution is -2.38. The van der Waals surface area contributed by atoms with Crippen molar-refractivity contribution in [2.24, 2.45) is 0 Å². The van der Waals surface area contributed by atoms with Gasteiger partial charge >= 0.3 is 0 Å². The Morgan fingerprint density at radius 2 is 1.93 bits per heavy atom. The Hall–Kier alpha value is -0.810. The number of rotatable bonds is 1. The highest BCUT2D eigenvalue weighted by molar-refractivity contribution is 5.23. The summed E-state index contributed by atoms with van der Waals surface area (Å²) in [4.78, 5) is 2.58. The summed E-state index contributed by atoms with van der Waals surface area (Å²) >= 11 is 0. The van der Waals surface area contributed by atoms with Crippen LogP contribution in [0.25, 0.3) is 0 Å². The van der Waals surface area contributed by atoms with Crippen LogP contribution in [0.3, 0.4) is 0 Å². The van der Waals surface area contributed by atoms with Gasteiger partial charge in [0.15, 0.2) is 0 Å². The first-order chi connectivity index (χ1) is 7.40. The van der Waals surface area contributed by atoms with E-state index in [1.807, 2.05) is 0 Å². The van der Waals surface area contributed by atoms with Crippen molar-refractivity contribution in [2.45, 2.75) is 51.0 Å². The van der Waals surface area contributed by atoms with E-state index in [2.05, 4.69) is 17.0 Å². The molecule has 0 amide bonds. The van der Waals surface area contributed by atoms with E-state index in [1.54, 1.807) is 0 Å². The molecule has 1 aliphatic heterocycles. The first kappa shape index (κ1) is 10.7. The SMILES string of the molecule is N#CC1=CCN(C2CCCCCC2)CC1. The van der Waals surface area contributed by atoms with Crippen molar-refractivity contribution in [1.29, 1.82) is 5.26 Å². The van der Waals surface area contributed by atoms with Crippen LogP contribution < -0.4 is 0 Å². The summed E-state index contributed by atoms with van der Waals surface area (Å²) < 4.78 is 0. The van der Waals surface area contributed by atoms with Gasteiger partial charge < -0.3 is 0 Å². The average Bonchev–Trinajstić information content (AvgIpc) is 2.58. The van der Waals surface area contributed by atoms with Crippen molar-refractivity contribution in [3.8, 4) is 6.07 Å². The third-order valence-corrected chi connectivity index (χ3v) is 3.73. The van der Waals surface area contributed by atoms with Crippen LogP contribution in [0, 0.1) is 11.3 Å². The van der Waals surface area contributed by atoms with Gasteiger partial charge in [0.2, 0.25) is 0 Å². The lowest BCUT2D eigenvalue weighted by atomic mass is 10.0. The van der Waals surface area contributed by atoms with Crippen LogP contribution in [0.4, 0.5) is 0 Å². The molecule has 15 heavy (non-hydrogen) atoms. The molecular formula is C13H20N2. The van der Waals surface area contributed by atoms with Crippen LogP contribution >= 0.6 is 0 Å². The molecule has 0 atom stereocenters. The van der Waals surface area contributed by atoms with Gasteiger partial charge in [-0.15, -0.1) is 0 Å². The van der Waals surface area contributed by atoms with E-state index >= 15 is 0 Å². The van der Waals surface area contributed by atoms with Crippen molar-refractivity contribution in [2.75, 3.05) is 13.1 Å². The Kier molecular flexibility index (Phi) is 3.80. The summed E-state index contributed by atoms with van der Waals surface area (Å²) in [7, 11) is 0. The van der Waals surface area contributed by atoms with Crippen molar-refractivity contribution in [3.63, 3.8) is 0 Å². The monoisotopic (exact) mass is 204 g/mol. The van der Waals surface area contributed by atoms with E-state index in [0.29, 0.717) is 0 Å². The zero-order valence-corrected chi connectivity index (χ0v) is 9.41. The third-order valence-electron chi connectivity index (χ3n) is 3.73. The highest BCUT2D eigenvalue weighted by Gasteiger charge is 2.21. The van der Waals surface area contributed by atoms with Gasteiger partial charge in [0.05, 0.1) is 6.07 Å². The molecule has 1 aliphatic carbocycles. The second-order valence-corrected chi connectivity index (χ2v) is 4.73. The molecule has 1 fully saturated rings. The van der Waals surface area contributed by atoms with Gasteiger partial charge in [-0.2, -0.15) is 5.26 Å². The Morgan fingerprint density at radius 3 is 2.47 bits per heavy atom. The van der Waals surface area contributed by atoms with Gasteiger partial charge in [-0.05, 0) is 19.3 Å². The molecular weight excluding hydrogens is 184 g/mol. The first-order valence-corrected chi connectivity index (χ1v) is 6.23. The molecule has 0 saturated heterocycles. The first-order valence-electron chi connectivity index (χ1n) is 6.23. The van der Waals surface area contributed by atoms with Gasteiger partial charge in [-0.3, -0.25) is 4.90 Å². The highest BCUT2D eigenvalue weighted by atomic mass is 15.2. The molecule has 2 nitrogen and oxygen atoms in total. The van der Waals surface area contributed by atoms with Gasteiger partial charge in [-0.25, -0.2) is 0 Å².